The van der Waals surface area contributed by atoms with Crippen molar-refractivity contribution in [2.75, 3.05) is 39.2 Å². The van der Waals surface area contributed by atoms with Crippen LogP contribution in [-0.2, 0) is 21.4 Å². The van der Waals surface area contributed by atoms with Crippen molar-refractivity contribution in [2.45, 2.75) is 11.4 Å². The van der Waals surface area contributed by atoms with Crippen LogP contribution in [0, 0.1) is 0 Å². The van der Waals surface area contributed by atoms with Gasteiger partial charge in [-0.25, -0.2) is 8.42 Å². The van der Waals surface area contributed by atoms with Crippen molar-refractivity contribution < 1.29 is 27.4 Å². The van der Waals surface area contributed by atoms with Crippen LogP contribution in [0.15, 0.2) is 77.7 Å². The van der Waals surface area contributed by atoms with Gasteiger partial charge in [-0.3, -0.25) is 9.10 Å². The van der Waals surface area contributed by atoms with E-state index >= 15 is 0 Å². The lowest BCUT2D eigenvalue weighted by Crippen LogP contribution is -2.41. The molecule has 0 aromatic heterocycles. The lowest BCUT2D eigenvalue weighted by atomic mass is 10.2. The van der Waals surface area contributed by atoms with Gasteiger partial charge >= 0.3 is 0 Å². The Morgan fingerprint density at radius 2 is 1.47 bits per heavy atom. The Labute approximate surface area is 200 Å². The fourth-order valence-corrected chi connectivity index (χ4v) is 4.79. The highest BCUT2D eigenvalue weighted by Crippen LogP contribution is 2.32. The third-order valence-corrected chi connectivity index (χ3v) is 7.04. The van der Waals surface area contributed by atoms with Crippen LogP contribution >= 0.6 is 0 Å². The minimum atomic E-state index is -4.12. The summed E-state index contributed by atoms with van der Waals surface area (Å²) >= 11 is 0. The molecule has 0 radical (unpaired) electrons. The zero-order chi connectivity index (χ0) is 24.7. The number of anilines is 1. The Morgan fingerprint density at radius 1 is 0.824 bits per heavy atom. The van der Waals surface area contributed by atoms with Crippen molar-refractivity contribution in [3.05, 3.63) is 78.4 Å². The molecule has 180 valence electrons. The second-order valence-electron chi connectivity index (χ2n) is 7.46. The molecule has 1 amide bonds. The van der Waals surface area contributed by atoms with Crippen LogP contribution in [0.5, 0.6) is 17.2 Å². The quantitative estimate of drug-likeness (QED) is 0.437. The van der Waals surface area contributed by atoms with E-state index in [1.165, 1.54) is 44.4 Å². The summed E-state index contributed by atoms with van der Waals surface area (Å²) in [5, 5.41) is 0. The minimum Gasteiger partial charge on any atom is -0.497 e. The van der Waals surface area contributed by atoms with Gasteiger partial charge in [0.05, 0.1) is 31.9 Å². The second kappa shape index (κ2) is 10.9. The maximum absolute atomic E-state index is 13.7. The molecule has 0 spiro atoms. The number of methoxy groups -OCH3 is 3. The van der Waals surface area contributed by atoms with E-state index in [0.29, 0.717) is 23.7 Å². The SMILES string of the molecule is COc1ccc(N(CC(=O)N(C)Cc2ccccc2)S(=O)(=O)c2ccc(OC)c(OC)c2)cc1. The number of carbonyl (C=O) groups is 1. The summed E-state index contributed by atoms with van der Waals surface area (Å²) in [6, 6.07) is 20.3. The number of ether oxygens (including phenoxy) is 3. The first-order valence-electron chi connectivity index (χ1n) is 10.5. The summed E-state index contributed by atoms with van der Waals surface area (Å²) in [6.45, 7) is -0.0289. The smallest absolute Gasteiger partial charge is 0.264 e. The van der Waals surface area contributed by atoms with Crippen LogP contribution < -0.4 is 18.5 Å². The van der Waals surface area contributed by atoms with Crippen molar-refractivity contribution in [2.24, 2.45) is 0 Å². The monoisotopic (exact) mass is 484 g/mol. The van der Waals surface area contributed by atoms with E-state index in [2.05, 4.69) is 0 Å². The molecule has 0 heterocycles. The molecule has 0 saturated carbocycles. The van der Waals surface area contributed by atoms with Crippen LogP contribution in [-0.4, -0.2) is 54.1 Å². The molecular formula is C25H28N2O6S. The van der Waals surface area contributed by atoms with Crippen molar-refractivity contribution >= 4 is 21.6 Å². The zero-order valence-electron chi connectivity index (χ0n) is 19.6. The van der Waals surface area contributed by atoms with E-state index in [9.17, 15) is 13.2 Å². The molecule has 9 heteroatoms. The van der Waals surface area contributed by atoms with Gasteiger partial charge in [-0.1, -0.05) is 30.3 Å². The van der Waals surface area contributed by atoms with E-state index in [4.69, 9.17) is 14.2 Å². The number of hydrogen-bond acceptors (Lipinski definition) is 6. The van der Waals surface area contributed by atoms with Crippen molar-refractivity contribution in [3.8, 4) is 17.2 Å². The van der Waals surface area contributed by atoms with Gasteiger partial charge in [-0.2, -0.15) is 0 Å². The van der Waals surface area contributed by atoms with Gasteiger partial charge in [-0.05, 0) is 42.0 Å². The van der Waals surface area contributed by atoms with Gasteiger partial charge in [-0.15, -0.1) is 0 Å². The summed E-state index contributed by atoms with van der Waals surface area (Å²) in [4.78, 5) is 14.6. The Bertz CT molecular complexity index is 1210. The zero-order valence-corrected chi connectivity index (χ0v) is 20.4. The average molecular weight is 485 g/mol. The first-order valence-corrected chi connectivity index (χ1v) is 11.9. The molecule has 0 bridgehead atoms. The lowest BCUT2D eigenvalue weighted by molar-refractivity contribution is -0.128. The van der Waals surface area contributed by atoms with Crippen LogP contribution in [0.25, 0.3) is 0 Å². The number of benzene rings is 3. The highest BCUT2D eigenvalue weighted by molar-refractivity contribution is 7.92. The Morgan fingerprint density at radius 3 is 2.06 bits per heavy atom. The van der Waals surface area contributed by atoms with Gasteiger partial charge in [0.1, 0.15) is 12.3 Å². The summed E-state index contributed by atoms with van der Waals surface area (Å²) < 4.78 is 44.2. The Kier molecular flexibility index (Phi) is 8.01. The number of nitrogens with zero attached hydrogens (tertiary/aromatic N) is 2. The summed E-state index contributed by atoms with van der Waals surface area (Å²) in [6.07, 6.45) is 0. The highest BCUT2D eigenvalue weighted by Gasteiger charge is 2.29. The summed E-state index contributed by atoms with van der Waals surface area (Å²) in [5.74, 6) is 0.880. The predicted octanol–water partition coefficient (Wildman–Crippen LogP) is 3.57. The van der Waals surface area contributed by atoms with E-state index in [-0.39, 0.29) is 23.1 Å². The third kappa shape index (κ3) is 5.60. The molecule has 0 fully saturated rings. The molecule has 3 rings (SSSR count). The molecule has 0 unspecified atom stereocenters. The molecule has 0 aliphatic rings. The van der Waals surface area contributed by atoms with E-state index in [1.807, 2.05) is 30.3 Å². The van der Waals surface area contributed by atoms with Crippen LogP contribution in [0.3, 0.4) is 0 Å². The van der Waals surface area contributed by atoms with Crippen molar-refractivity contribution in [1.29, 1.82) is 0 Å². The Balaban J connectivity index is 1.97. The highest BCUT2D eigenvalue weighted by atomic mass is 32.2. The lowest BCUT2D eigenvalue weighted by Gasteiger charge is -2.27. The normalized spacial score (nSPS) is 10.9. The number of likely N-dealkylation sites (N-methyl/N-ethyl adjacent to an activating group) is 1. The Hall–Kier alpha value is -3.72. The van der Waals surface area contributed by atoms with E-state index in [1.54, 1.807) is 31.3 Å². The number of sulfonamides is 1. The molecule has 0 atom stereocenters. The minimum absolute atomic E-state index is 0.0283. The largest absolute Gasteiger partial charge is 0.497 e. The fraction of sp³-hybridized carbons (Fsp3) is 0.240. The second-order valence-corrected chi connectivity index (χ2v) is 9.32. The number of carbonyl (C=O) groups excluding carboxylic acids is 1. The standard InChI is InChI=1S/C25H28N2O6S/c1-26(17-19-8-6-5-7-9-19)25(28)18-27(20-10-12-21(31-2)13-11-20)34(29,30)22-14-15-23(32-3)24(16-22)33-4/h5-16H,17-18H2,1-4H3. The maximum Gasteiger partial charge on any atom is 0.264 e. The van der Waals surface area contributed by atoms with Crippen LogP contribution in [0.1, 0.15) is 5.56 Å². The van der Waals surface area contributed by atoms with Gasteiger partial charge in [0.2, 0.25) is 5.91 Å². The molecule has 0 aliphatic heterocycles. The van der Waals surface area contributed by atoms with Gasteiger partial charge in [0.25, 0.3) is 10.0 Å². The fourth-order valence-electron chi connectivity index (χ4n) is 3.36. The first kappa shape index (κ1) is 24.9. The van der Waals surface area contributed by atoms with Crippen LogP contribution in [0.2, 0.25) is 0 Å². The predicted molar refractivity (Wildman–Crippen MR) is 130 cm³/mol. The van der Waals surface area contributed by atoms with E-state index in [0.717, 1.165) is 9.87 Å². The molecule has 0 saturated heterocycles. The molecule has 0 aliphatic carbocycles. The van der Waals surface area contributed by atoms with Gasteiger partial charge in [0.15, 0.2) is 11.5 Å². The summed E-state index contributed by atoms with van der Waals surface area (Å²) in [7, 11) is 1.94. The van der Waals surface area contributed by atoms with Crippen molar-refractivity contribution in [1.82, 2.24) is 4.90 Å². The topological polar surface area (TPSA) is 85.4 Å². The average Bonchev–Trinajstić information content (AvgIpc) is 2.87. The molecule has 8 nitrogen and oxygen atoms in total. The molecule has 3 aromatic carbocycles. The number of rotatable bonds is 10. The number of amides is 1. The molecule has 34 heavy (non-hydrogen) atoms. The van der Waals surface area contributed by atoms with Gasteiger partial charge < -0.3 is 19.1 Å². The molecular weight excluding hydrogens is 456 g/mol. The maximum atomic E-state index is 13.7. The number of hydrogen-bond donors (Lipinski definition) is 0. The van der Waals surface area contributed by atoms with Gasteiger partial charge in [0, 0.05) is 19.7 Å². The molecule has 0 N–H and O–H groups in total. The first-order chi connectivity index (χ1) is 16.3. The summed E-state index contributed by atoms with van der Waals surface area (Å²) in [5.41, 5.74) is 1.27. The van der Waals surface area contributed by atoms with Crippen molar-refractivity contribution in [3.63, 3.8) is 0 Å². The van der Waals surface area contributed by atoms with Crippen LogP contribution in [0.4, 0.5) is 5.69 Å². The third-order valence-electron chi connectivity index (χ3n) is 5.27. The molecule has 3 aromatic rings. The van der Waals surface area contributed by atoms with E-state index < -0.39 is 10.0 Å².